The Hall–Kier alpha value is -1.25. The van der Waals surface area contributed by atoms with Gasteiger partial charge in [0.1, 0.15) is 5.75 Å². The number of hydrogen-bond acceptors (Lipinski definition) is 2. The molecule has 1 fully saturated rings. The van der Waals surface area contributed by atoms with E-state index in [4.69, 9.17) is 5.73 Å². The van der Waals surface area contributed by atoms with E-state index >= 15 is 0 Å². The molecular weight excluding hydrogens is 258 g/mol. The van der Waals surface area contributed by atoms with Crippen molar-refractivity contribution in [2.24, 2.45) is 11.7 Å². The molecule has 19 heavy (non-hydrogen) atoms. The van der Waals surface area contributed by atoms with Crippen molar-refractivity contribution in [2.75, 3.05) is 0 Å². The minimum atomic E-state index is -0.0430. The maximum Gasteiger partial charge on any atom is 0.120 e. The molecule has 1 saturated carbocycles. The van der Waals surface area contributed by atoms with Crippen LogP contribution in [-0.4, -0.2) is 5.11 Å². The summed E-state index contributed by atoms with van der Waals surface area (Å²) in [4.78, 5) is 0. The molecule has 1 atom stereocenters. The standard InChI is InChI=1S/C16H19NO.ClH/c17-16(12-6-1-2-7-12)15-13-8-4-3-5-11(13)9-10-14(15)18;/h3-5,8-10,12,16,18H,1-2,6-7,17H2;1H/t16-;/m0./s1. The monoisotopic (exact) mass is 277 g/mol. The molecule has 0 amide bonds. The molecule has 0 spiro atoms. The predicted octanol–water partition coefficient (Wildman–Crippen LogP) is 4.16. The maximum atomic E-state index is 10.2. The number of nitrogens with two attached hydrogens (primary N) is 1. The van der Waals surface area contributed by atoms with Crippen molar-refractivity contribution in [3.05, 3.63) is 42.0 Å². The van der Waals surface area contributed by atoms with Crippen molar-refractivity contribution in [1.29, 1.82) is 0 Å². The average Bonchev–Trinajstić information content (AvgIpc) is 2.92. The van der Waals surface area contributed by atoms with Gasteiger partial charge in [-0.2, -0.15) is 0 Å². The highest BCUT2D eigenvalue weighted by molar-refractivity contribution is 5.88. The van der Waals surface area contributed by atoms with Gasteiger partial charge in [0.25, 0.3) is 0 Å². The minimum absolute atomic E-state index is 0. The Labute approximate surface area is 120 Å². The number of phenolic OH excluding ortho intramolecular Hbond substituents is 1. The van der Waals surface area contributed by atoms with Gasteiger partial charge in [0, 0.05) is 11.6 Å². The summed E-state index contributed by atoms with van der Waals surface area (Å²) in [7, 11) is 0. The second kappa shape index (κ2) is 5.81. The van der Waals surface area contributed by atoms with Crippen LogP contribution in [0.4, 0.5) is 0 Å². The largest absolute Gasteiger partial charge is 0.508 e. The molecule has 3 N–H and O–H groups in total. The molecule has 1 aliphatic rings. The molecule has 1 aliphatic carbocycles. The van der Waals surface area contributed by atoms with Gasteiger partial charge in [0.05, 0.1) is 0 Å². The SMILES string of the molecule is Cl.N[C@H](c1c(O)ccc2ccccc12)C1CCCC1. The molecule has 102 valence electrons. The highest BCUT2D eigenvalue weighted by atomic mass is 35.5. The predicted molar refractivity (Wildman–Crippen MR) is 81.7 cm³/mol. The summed E-state index contributed by atoms with van der Waals surface area (Å²) in [5.74, 6) is 0.856. The summed E-state index contributed by atoms with van der Waals surface area (Å²) in [5.41, 5.74) is 7.34. The fraction of sp³-hybridized carbons (Fsp3) is 0.375. The second-order valence-electron chi connectivity index (χ2n) is 5.29. The van der Waals surface area contributed by atoms with E-state index in [2.05, 4.69) is 12.1 Å². The van der Waals surface area contributed by atoms with Crippen molar-refractivity contribution in [2.45, 2.75) is 31.7 Å². The van der Waals surface area contributed by atoms with Crippen LogP contribution in [0.1, 0.15) is 37.3 Å². The lowest BCUT2D eigenvalue weighted by Crippen LogP contribution is -2.19. The van der Waals surface area contributed by atoms with E-state index in [0.717, 1.165) is 16.3 Å². The normalized spacial score (nSPS) is 17.3. The fourth-order valence-electron chi connectivity index (χ4n) is 3.19. The topological polar surface area (TPSA) is 46.2 Å². The first kappa shape index (κ1) is 14.2. The molecule has 2 aromatic rings. The Balaban J connectivity index is 0.00000133. The highest BCUT2D eigenvalue weighted by Crippen LogP contribution is 2.40. The number of hydrogen-bond donors (Lipinski definition) is 2. The molecule has 0 saturated heterocycles. The highest BCUT2D eigenvalue weighted by Gasteiger charge is 2.26. The van der Waals surface area contributed by atoms with Gasteiger partial charge in [-0.05, 0) is 35.6 Å². The number of benzene rings is 2. The quantitative estimate of drug-likeness (QED) is 0.866. The third-order valence-corrected chi connectivity index (χ3v) is 4.19. The molecule has 0 heterocycles. The molecule has 3 rings (SSSR count). The van der Waals surface area contributed by atoms with Gasteiger partial charge >= 0.3 is 0 Å². The van der Waals surface area contributed by atoms with E-state index < -0.39 is 0 Å². The zero-order valence-corrected chi connectivity index (χ0v) is 11.7. The molecule has 0 unspecified atom stereocenters. The lowest BCUT2D eigenvalue weighted by atomic mass is 9.88. The van der Waals surface area contributed by atoms with Crippen LogP contribution < -0.4 is 5.73 Å². The van der Waals surface area contributed by atoms with Crippen LogP contribution in [0.15, 0.2) is 36.4 Å². The third kappa shape index (κ3) is 2.56. The average molecular weight is 278 g/mol. The van der Waals surface area contributed by atoms with E-state index in [1.54, 1.807) is 6.07 Å². The van der Waals surface area contributed by atoms with E-state index in [9.17, 15) is 5.11 Å². The van der Waals surface area contributed by atoms with Crippen molar-refractivity contribution < 1.29 is 5.11 Å². The number of rotatable bonds is 2. The van der Waals surface area contributed by atoms with Gasteiger partial charge in [0.15, 0.2) is 0 Å². The Morgan fingerprint density at radius 3 is 2.47 bits per heavy atom. The molecule has 0 radical (unpaired) electrons. The van der Waals surface area contributed by atoms with Gasteiger partial charge in [-0.15, -0.1) is 12.4 Å². The van der Waals surface area contributed by atoms with E-state index in [-0.39, 0.29) is 18.4 Å². The van der Waals surface area contributed by atoms with Crippen LogP contribution in [0.3, 0.4) is 0 Å². The summed E-state index contributed by atoms with van der Waals surface area (Å²) < 4.78 is 0. The smallest absolute Gasteiger partial charge is 0.120 e. The number of fused-ring (bicyclic) bond motifs is 1. The third-order valence-electron chi connectivity index (χ3n) is 4.19. The first-order valence-corrected chi connectivity index (χ1v) is 6.73. The van der Waals surface area contributed by atoms with Crippen LogP contribution in [-0.2, 0) is 0 Å². The summed E-state index contributed by atoms with van der Waals surface area (Å²) in [6.07, 6.45) is 4.90. The Kier molecular flexibility index (Phi) is 4.33. The van der Waals surface area contributed by atoms with Crippen LogP contribution in [0, 0.1) is 5.92 Å². The number of aromatic hydroxyl groups is 1. The van der Waals surface area contributed by atoms with Crippen LogP contribution in [0.5, 0.6) is 5.75 Å². The zero-order chi connectivity index (χ0) is 12.5. The molecule has 3 heteroatoms. The molecule has 0 aromatic heterocycles. The van der Waals surface area contributed by atoms with Crippen molar-refractivity contribution in [1.82, 2.24) is 0 Å². The Morgan fingerprint density at radius 2 is 1.74 bits per heavy atom. The van der Waals surface area contributed by atoms with Crippen LogP contribution in [0.25, 0.3) is 10.8 Å². The van der Waals surface area contributed by atoms with Gasteiger partial charge < -0.3 is 10.8 Å². The van der Waals surface area contributed by atoms with Gasteiger partial charge in [0.2, 0.25) is 0 Å². The van der Waals surface area contributed by atoms with E-state index in [1.165, 1.54) is 25.7 Å². The minimum Gasteiger partial charge on any atom is -0.508 e. The Morgan fingerprint density at radius 1 is 1.05 bits per heavy atom. The van der Waals surface area contributed by atoms with E-state index in [1.807, 2.05) is 18.2 Å². The molecule has 2 aromatic carbocycles. The first-order valence-electron chi connectivity index (χ1n) is 6.73. The summed E-state index contributed by atoms with van der Waals surface area (Å²) >= 11 is 0. The van der Waals surface area contributed by atoms with Crippen LogP contribution >= 0.6 is 12.4 Å². The lowest BCUT2D eigenvalue weighted by molar-refractivity contribution is 0.415. The Bertz CT molecular complexity index is 564. The van der Waals surface area contributed by atoms with E-state index in [0.29, 0.717) is 11.7 Å². The van der Waals surface area contributed by atoms with Crippen LogP contribution in [0.2, 0.25) is 0 Å². The van der Waals surface area contributed by atoms with Gasteiger partial charge in [-0.1, -0.05) is 43.2 Å². The number of halogens is 1. The lowest BCUT2D eigenvalue weighted by Gasteiger charge is -2.22. The van der Waals surface area contributed by atoms with Crippen molar-refractivity contribution in [3.63, 3.8) is 0 Å². The summed E-state index contributed by atoms with van der Waals surface area (Å²) in [6.45, 7) is 0. The molecule has 0 bridgehead atoms. The van der Waals surface area contributed by atoms with Gasteiger partial charge in [-0.25, -0.2) is 0 Å². The molecule has 2 nitrogen and oxygen atoms in total. The summed E-state index contributed by atoms with van der Waals surface area (Å²) in [6, 6.07) is 11.8. The molecular formula is C16H20ClNO. The van der Waals surface area contributed by atoms with Crippen molar-refractivity contribution >= 4 is 23.2 Å². The fourth-order valence-corrected chi connectivity index (χ4v) is 3.19. The summed E-state index contributed by atoms with van der Waals surface area (Å²) in [5, 5.41) is 12.4. The molecule has 0 aliphatic heterocycles. The second-order valence-corrected chi connectivity index (χ2v) is 5.29. The van der Waals surface area contributed by atoms with Gasteiger partial charge in [-0.3, -0.25) is 0 Å². The zero-order valence-electron chi connectivity index (χ0n) is 10.9. The van der Waals surface area contributed by atoms with Crippen molar-refractivity contribution in [3.8, 4) is 5.75 Å². The number of phenols is 1. The first-order chi connectivity index (χ1) is 8.77. The maximum absolute atomic E-state index is 10.2.